The van der Waals surface area contributed by atoms with E-state index in [0.29, 0.717) is 17.8 Å². The predicted octanol–water partition coefficient (Wildman–Crippen LogP) is 7.26. The molecule has 148 valence electrons. The fourth-order valence-corrected chi connectivity index (χ4v) is 3.87. The Labute approximate surface area is 164 Å². The number of unbranched alkanes of at least 4 members (excludes halogenated alkanes) is 5. The lowest BCUT2D eigenvalue weighted by Gasteiger charge is -2.26. The van der Waals surface area contributed by atoms with Crippen LogP contribution in [-0.4, -0.2) is 14.0 Å². The fraction of sp³-hybridized carbons (Fsp3) is 0.750. The minimum Gasteiger partial charge on any atom is -0.433 e. The van der Waals surface area contributed by atoms with E-state index in [1.807, 2.05) is 7.11 Å². The molecule has 0 saturated carbocycles. The van der Waals surface area contributed by atoms with Crippen LogP contribution in [0.5, 0.6) is 0 Å². The van der Waals surface area contributed by atoms with Crippen molar-refractivity contribution < 1.29 is 4.65 Å². The highest BCUT2D eigenvalue weighted by Crippen LogP contribution is 2.27. The van der Waals surface area contributed by atoms with Gasteiger partial charge in [-0.1, -0.05) is 99.1 Å². The molecule has 0 aliphatic rings. The topological polar surface area (TPSA) is 9.23 Å². The number of hydrogen-bond acceptors (Lipinski definition) is 1. The van der Waals surface area contributed by atoms with Crippen LogP contribution in [0.1, 0.15) is 121 Å². The third kappa shape index (κ3) is 6.76. The first-order chi connectivity index (χ1) is 12.3. The van der Waals surface area contributed by atoms with Crippen LogP contribution in [-0.2, 0) is 4.65 Å². The van der Waals surface area contributed by atoms with Crippen LogP contribution in [0.2, 0.25) is 6.32 Å². The molecule has 0 bridgehead atoms. The molecular weight excluding hydrogens is 315 g/mol. The zero-order valence-electron chi connectivity index (χ0n) is 18.8. The molecule has 26 heavy (non-hydrogen) atoms. The van der Waals surface area contributed by atoms with Gasteiger partial charge < -0.3 is 4.65 Å². The fourth-order valence-electron chi connectivity index (χ4n) is 3.87. The van der Waals surface area contributed by atoms with Crippen LogP contribution in [0.15, 0.2) is 12.1 Å². The van der Waals surface area contributed by atoms with Crippen LogP contribution in [0.25, 0.3) is 0 Å². The van der Waals surface area contributed by atoms with Gasteiger partial charge in [-0.15, -0.1) is 0 Å². The average Bonchev–Trinajstić information content (AvgIpc) is 2.60. The third-order valence-electron chi connectivity index (χ3n) is 5.60. The average molecular weight is 358 g/mol. The van der Waals surface area contributed by atoms with E-state index in [1.165, 1.54) is 60.7 Å². The van der Waals surface area contributed by atoms with E-state index < -0.39 is 0 Å². The van der Waals surface area contributed by atoms with Crippen molar-refractivity contribution in [2.24, 2.45) is 0 Å². The van der Waals surface area contributed by atoms with Gasteiger partial charge in [0.2, 0.25) is 0 Å². The van der Waals surface area contributed by atoms with Crippen molar-refractivity contribution in [3.63, 3.8) is 0 Å². The van der Waals surface area contributed by atoms with E-state index in [4.69, 9.17) is 4.65 Å². The molecular formula is C24H43BO. The molecule has 1 nitrogen and oxygen atoms in total. The van der Waals surface area contributed by atoms with Crippen LogP contribution >= 0.6 is 0 Å². The van der Waals surface area contributed by atoms with Gasteiger partial charge in [-0.3, -0.25) is 0 Å². The van der Waals surface area contributed by atoms with Gasteiger partial charge in [0.05, 0.1) is 0 Å². The SMILES string of the molecule is CCCCCCCCB(OC)c1c(C(C)C)cc(C(C)C)cc1C(C)C. The normalized spacial score (nSPS) is 11.8. The van der Waals surface area contributed by atoms with Crippen molar-refractivity contribution in [2.45, 2.75) is 111 Å². The molecule has 0 atom stereocenters. The first kappa shape index (κ1) is 23.3. The molecule has 2 heteroatoms. The summed E-state index contributed by atoms with van der Waals surface area (Å²) in [4.78, 5) is 0. The Morgan fingerprint density at radius 2 is 1.27 bits per heavy atom. The number of rotatable bonds is 12. The largest absolute Gasteiger partial charge is 0.433 e. The number of benzene rings is 1. The Bertz CT molecular complexity index is 490. The van der Waals surface area contributed by atoms with Crippen molar-refractivity contribution >= 4 is 12.4 Å². The molecule has 1 aromatic rings. The summed E-state index contributed by atoms with van der Waals surface area (Å²) in [5.41, 5.74) is 5.95. The minimum absolute atomic E-state index is 0.234. The molecule has 0 amide bonds. The lowest BCUT2D eigenvalue weighted by Crippen LogP contribution is -2.39. The maximum Gasteiger partial charge on any atom is 0.326 e. The van der Waals surface area contributed by atoms with Crippen LogP contribution in [0.3, 0.4) is 0 Å². The van der Waals surface area contributed by atoms with Crippen molar-refractivity contribution in [1.29, 1.82) is 0 Å². The summed E-state index contributed by atoms with van der Waals surface area (Å²) in [6.07, 6.45) is 9.18. The summed E-state index contributed by atoms with van der Waals surface area (Å²) in [5, 5.41) is 0. The van der Waals surface area contributed by atoms with E-state index >= 15 is 0 Å². The molecule has 0 spiro atoms. The highest BCUT2D eigenvalue weighted by Gasteiger charge is 2.26. The summed E-state index contributed by atoms with van der Waals surface area (Å²) in [5.74, 6) is 1.63. The molecule has 0 aromatic heterocycles. The Balaban J connectivity index is 3.08. The van der Waals surface area contributed by atoms with Crippen molar-refractivity contribution in [1.82, 2.24) is 0 Å². The molecule has 0 radical (unpaired) electrons. The van der Waals surface area contributed by atoms with E-state index in [-0.39, 0.29) is 6.92 Å². The van der Waals surface area contributed by atoms with Crippen LogP contribution in [0.4, 0.5) is 0 Å². The van der Waals surface area contributed by atoms with Gasteiger partial charge in [0, 0.05) is 7.11 Å². The number of hydrogen-bond donors (Lipinski definition) is 0. The summed E-state index contributed by atoms with van der Waals surface area (Å²) >= 11 is 0. The van der Waals surface area contributed by atoms with Gasteiger partial charge in [-0.2, -0.15) is 0 Å². The smallest absolute Gasteiger partial charge is 0.326 e. The van der Waals surface area contributed by atoms with E-state index in [2.05, 4.69) is 60.6 Å². The second-order valence-electron chi connectivity index (χ2n) is 8.86. The minimum atomic E-state index is 0.234. The first-order valence-corrected chi connectivity index (χ1v) is 11.0. The van der Waals surface area contributed by atoms with Gasteiger partial charge in [0.15, 0.2) is 0 Å². The van der Waals surface area contributed by atoms with Crippen LogP contribution < -0.4 is 5.46 Å². The Kier molecular flexibility index (Phi) is 10.6. The molecule has 0 heterocycles. The maximum atomic E-state index is 6.05. The zero-order valence-corrected chi connectivity index (χ0v) is 18.8. The van der Waals surface area contributed by atoms with Gasteiger partial charge in [-0.25, -0.2) is 0 Å². The highest BCUT2D eigenvalue weighted by atomic mass is 16.4. The Hall–Kier alpha value is -0.755. The van der Waals surface area contributed by atoms with Crippen molar-refractivity contribution in [3.8, 4) is 0 Å². The second kappa shape index (κ2) is 11.9. The quantitative estimate of drug-likeness (QED) is 0.282. The summed E-state index contributed by atoms with van der Waals surface area (Å²) < 4.78 is 6.05. The van der Waals surface area contributed by atoms with Gasteiger partial charge in [-0.05, 0) is 46.2 Å². The molecule has 1 aromatic carbocycles. The van der Waals surface area contributed by atoms with Crippen molar-refractivity contribution in [2.75, 3.05) is 7.11 Å². The molecule has 0 N–H and O–H groups in total. The first-order valence-electron chi connectivity index (χ1n) is 11.0. The standard InChI is InChI=1S/C24H43BO/c1-9-10-11-12-13-14-15-25(26-8)24-22(19(4)5)16-21(18(2)3)17-23(24)20(6)7/h16-20H,9-15H2,1-8H3. The zero-order chi connectivity index (χ0) is 19.7. The summed E-state index contributed by atoms with van der Waals surface area (Å²) in [6, 6.07) is 4.90. The second-order valence-corrected chi connectivity index (χ2v) is 8.86. The van der Waals surface area contributed by atoms with Crippen molar-refractivity contribution in [3.05, 3.63) is 28.8 Å². The Morgan fingerprint density at radius 1 is 0.769 bits per heavy atom. The highest BCUT2D eigenvalue weighted by molar-refractivity contribution is 6.68. The third-order valence-corrected chi connectivity index (χ3v) is 5.60. The molecule has 0 aliphatic heterocycles. The predicted molar refractivity (Wildman–Crippen MR) is 119 cm³/mol. The summed E-state index contributed by atoms with van der Waals surface area (Å²) in [6.45, 7) is 16.4. The van der Waals surface area contributed by atoms with Gasteiger partial charge >= 0.3 is 6.92 Å². The van der Waals surface area contributed by atoms with Gasteiger partial charge in [0.1, 0.15) is 0 Å². The molecule has 0 saturated heterocycles. The molecule has 1 rings (SSSR count). The monoisotopic (exact) mass is 358 g/mol. The van der Waals surface area contributed by atoms with Crippen LogP contribution in [0, 0.1) is 0 Å². The van der Waals surface area contributed by atoms with E-state index in [1.54, 1.807) is 0 Å². The molecule has 0 fully saturated rings. The van der Waals surface area contributed by atoms with E-state index in [9.17, 15) is 0 Å². The lowest BCUT2D eigenvalue weighted by molar-refractivity contribution is 0.425. The summed E-state index contributed by atoms with van der Waals surface area (Å²) in [7, 11) is 1.90. The Morgan fingerprint density at radius 3 is 1.69 bits per heavy atom. The maximum absolute atomic E-state index is 6.05. The van der Waals surface area contributed by atoms with Gasteiger partial charge in [0.25, 0.3) is 0 Å². The lowest BCUT2D eigenvalue weighted by atomic mass is 9.52. The molecule has 0 unspecified atom stereocenters. The molecule has 0 aliphatic carbocycles. The van der Waals surface area contributed by atoms with E-state index in [0.717, 1.165) is 6.32 Å².